The number of benzene rings is 1. The molecule has 1 aromatic carbocycles. The zero-order valence-electron chi connectivity index (χ0n) is 15.0. The molecule has 0 unspecified atom stereocenters. The van der Waals surface area contributed by atoms with Crippen molar-refractivity contribution in [1.82, 2.24) is 20.2 Å². The van der Waals surface area contributed by atoms with Crippen LogP contribution in [0.2, 0.25) is 0 Å². The molecular weight excluding hydrogens is 328 g/mol. The van der Waals surface area contributed by atoms with Gasteiger partial charge in [-0.1, -0.05) is 12.1 Å². The number of fused-ring (bicyclic) bond motifs is 1. The van der Waals surface area contributed by atoms with Crippen LogP contribution >= 0.6 is 0 Å². The second-order valence-corrected chi connectivity index (χ2v) is 6.40. The molecule has 3 rings (SSSR count). The molecular formula is C20H22N4O2. The number of rotatable bonds is 6. The lowest BCUT2D eigenvalue weighted by Gasteiger charge is -2.10. The summed E-state index contributed by atoms with van der Waals surface area (Å²) in [5, 5.41) is 4.07. The summed E-state index contributed by atoms with van der Waals surface area (Å²) < 4.78 is 0. The highest BCUT2D eigenvalue weighted by Gasteiger charge is 2.09. The average Bonchev–Trinajstić information content (AvgIpc) is 3.05. The number of nitrogens with one attached hydrogen (secondary N) is 2. The van der Waals surface area contributed by atoms with Gasteiger partial charge in [0, 0.05) is 44.0 Å². The van der Waals surface area contributed by atoms with Gasteiger partial charge in [0.15, 0.2) is 0 Å². The van der Waals surface area contributed by atoms with Crippen molar-refractivity contribution in [2.75, 3.05) is 20.6 Å². The van der Waals surface area contributed by atoms with E-state index in [0.29, 0.717) is 18.5 Å². The smallest absolute Gasteiger partial charge is 0.251 e. The number of likely N-dealkylation sites (N-methyl/N-ethyl adjacent to an activating group) is 1. The number of carbonyl (C=O) groups excluding carboxylic acids is 2. The molecule has 6 heteroatoms. The first kappa shape index (κ1) is 17.7. The number of pyridine rings is 1. The summed E-state index contributed by atoms with van der Waals surface area (Å²) in [6.45, 7) is 0.551. The van der Waals surface area contributed by atoms with Gasteiger partial charge in [0.2, 0.25) is 5.91 Å². The third-order valence-electron chi connectivity index (χ3n) is 4.32. The Balaban J connectivity index is 1.54. The monoisotopic (exact) mass is 350 g/mol. The average molecular weight is 350 g/mol. The van der Waals surface area contributed by atoms with Gasteiger partial charge < -0.3 is 15.2 Å². The lowest BCUT2D eigenvalue weighted by atomic mass is 10.1. The summed E-state index contributed by atoms with van der Waals surface area (Å²) in [4.78, 5) is 32.8. The maximum atomic E-state index is 12.3. The van der Waals surface area contributed by atoms with Crippen LogP contribution in [0.15, 0.2) is 48.9 Å². The Hall–Kier alpha value is -3.15. The minimum absolute atomic E-state index is 0.0381. The predicted molar refractivity (Wildman–Crippen MR) is 101 cm³/mol. The SMILES string of the molecule is CN(C)C(=O)Cc1ccc(C(=O)NCCc2c[nH]c3cnccc23)cc1. The Morgan fingerprint density at radius 1 is 1.15 bits per heavy atom. The van der Waals surface area contributed by atoms with E-state index in [-0.39, 0.29) is 11.8 Å². The molecule has 0 saturated carbocycles. The number of aromatic nitrogens is 2. The maximum Gasteiger partial charge on any atom is 0.251 e. The normalized spacial score (nSPS) is 10.7. The third kappa shape index (κ3) is 4.08. The van der Waals surface area contributed by atoms with Gasteiger partial charge in [-0.15, -0.1) is 0 Å². The molecule has 0 aliphatic rings. The number of amides is 2. The fourth-order valence-electron chi connectivity index (χ4n) is 2.76. The molecule has 0 spiro atoms. The molecule has 0 saturated heterocycles. The van der Waals surface area contributed by atoms with Crippen molar-refractivity contribution >= 4 is 22.7 Å². The molecule has 0 radical (unpaired) electrons. The van der Waals surface area contributed by atoms with Gasteiger partial charge in [-0.25, -0.2) is 0 Å². The zero-order valence-corrected chi connectivity index (χ0v) is 15.0. The maximum absolute atomic E-state index is 12.3. The molecule has 0 aliphatic heterocycles. The van der Waals surface area contributed by atoms with Crippen LogP contribution in [-0.2, 0) is 17.6 Å². The van der Waals surface area contributed by atoms with Crippen LogP contribution in [0.3, 0.4) is 0 Å². The Bertz CT molecular complexity index is 913. The highest BCUT2D eigenvalue weighted by molar-refractivity contribution is 5.94. The van der Waals surface area contributed by atoms with Crippen LogP contribution < -0.4 is 5.32 Å². The molecule has 0 aliphatic carbocycles. The van der Waals surface area contributed by atoms with Crippen molar-refractivity contribution in [1.29, 1.82) is 0 Å². The van der Waals surface area contributed by atoms with E-state index in [1.54, 1.807) is 43.5 Å². The number of nitrogens with zero attached hydrogens (tertiary/aromatic N) is 2. The summed E-state index contributed by atoms with van der Waals surface area (Å²) >= 11 is 0. The van der Waals surface area contributed by atoms with E-state index in [1.807, 2.05) is 24.4 Å². The standard InChI is InChI=1S/C20H22N4O2/c1-24(2)19(25)11-14-3-5-15(6-4-14)20(26)22-10-7-16-12-23-18-13-21-9-8-17(16)18/h3-6,8-9,12-13,23H,7,10-11H2,1-2H3,(H,22,26). The highest BCUT2D eigenvalue weighted by atomic mass is 16.2. The van der Waals surface area contributed by atoms with Gasteiger partial charge >= 0.3 is 0 Å². The Kier molecular flexibility index (Phi) is 5.31. The van der Waals surface area contributed by atoms with E-state index in [1.165, 1.54) is 0 Å². The summed E-state index contributed by atoms with van der Waals surface area (Å²) in [7, 11) is 3.46. The molecule has 0 atom stereocenters. The zero-order chi connectivity index (χ0) is 18.5. The van der Waals surface area contributed by atoms with Crippen molar-refractivity contribution in [2.24, 2.45) is 0 Å². The Morgan fingerprint density at radius 2 is 1.92 bits per heavy atom. The molecule has 0 fully saturated rings. The molecule has 2 heterocycles. The van der Waals surface area contributed by atoms with Crippen LogP contribution in [0.5, 0.6) is 0 Å². The second kappa shape index (κ2) is 7.82. The molecule has 26 heavy (non-hydrogen) atoms. The van der Waals surface area contributed by atoms with Gasteiger partial charge in [0.1, 0.15) is 0 Å². The van der Waals surface area contributed by atoms with E-state index < -0.39 is 0 Å². The minimum atomic E-state index is -0.114. The topological polar surface area (TPSA) is 78.1 Å². The highest BCUT2D eigenvalue weighted by Crippen LogP contribution is 2.16. The van der Waals surface area contributed by atoms with E-state index in [4.69, 9.17) is 0 Å². The third-order valence-corrected chi connectivity index (χ3v) is 4.32. The lowest BCUT2D eigenvalue weighted by molar-refractivity contribution is -0.127. The fourth-order valence-corrected chi connectivity index (χ4v) is 2.76. The lowest BCUT2D eigenvalue weighted by Crippen LogP contribution is -2.26. The Labute approximate surface area is 152 Å². The van der Waals surface area contributed by atoms with E-state index in [2.05, 4.69) is 15.3 Å². The van der Waals surface area contributed by atoms with Gasteiger partial charge in [0.05, 0.1) is 18.1 Å². The van der Waals surface area contributed by atoms with E-state index >= 15 is 0 Å². The van der Waals surface area contributed by atoms with Gasteiger partial charge in [0.25, 0.3) is 5.91 Å². The van der Waals surface area contributed by atoms with Crippen molar-refractivity contribution in [2.45, 2.75) is 12.8 Å². The largest absolute Gasteiger partial charge is 0.360 e. The molecule has 134 valence electrons. The molecule has 3 aromatic rings. The summed E-state index contributed by atoms with van der Waals surface area (Å²) in [6.07, 6.45) is 6.59. The molecule has 2 N–H and O–H groups in total. The van der Waals surface area contributed by atoms with Crippen LogP contribution in [0.4, 0.5) is 0 Å². The first-order valence-corrected chi connectivity index (χ1v) is 8.52. The number of carbonyl (C=O) groups is 2. The predicted octanol–water partition coefficient (Wildman–Crippen LogP) is 2.17. The first-order valence-electron chi connectivity index (χ1n) is 8.52. The summed E-state index contributed by atoms with van der Waals surface area (Å²) in [6, 6.07) is 9.12. The van der Waals surface area contributed by atoms with Crippen molar-refractivity contribution in [3.8, 4) is 0 Å². The van der Waals surface area contributed by atoms with Crippen molar-refractivity contribution in [3.63, 3.8) is 0 Å². The van der Waals surface area contributed by atoms with Crippen LogP contribution in [-0.4, -0.2) is 47.3 Å². The number of hydrogen-bond acceptors (Lipinski definition) is 3. The van der Waals surface area contributed by atoms with Crippen molar-refractivity contribution < 1.29 is 9.59 Å². The molecule has 6 nitrogen and oxygen atoms in total. The van der Waals surface area contributed by atoms with Crippen molar-refractivity contribution in [3.05, 3.63) is 65.6 Å². The second-order valence-electron chi connectivity index (χ2n) is 6.40. The first-order chi connectivity index (χ1) is 12.5. The quantitative estimate of drug-likeness (QED) is 0.715. The van der Waals surface area contributed by atoms with Gasteiger partial charge in [-0.2, -0.15) is 0 Å². The molecule has 2 aromatic heterocycles. The van der Waals surface area contributed by atoms with E-state index in [0.717, 1.165) is 28.5 Å². The number of hydrogen-bond donors (Lipinski definition) is 2. The summed E-state index contributed by atoms with van der Waals surface area (Å²) in [5.74, 6) is -0.0758. The van der Waals surface area contributed by atoms with Crippen LogP contribution in [0, 0.1) is 0 Å². The minimum Gasteiger partial charge on any atom is -0.360 e. The van der Waals surface area contributed by atoms with Gasteiger partial charge in [-0.3, -0.25) is 14.6 Å². The molecule has 0 bridgehead atoms. The van der Waals surface area contributed by atoms with E-state index in [9.17, 15) is 9.59 Å². The Morgan fingerprint density at radius 3 is 2.65 bits per heavy atom. The summed E-state index contributed by atoms with van der Waals surface area (Å²) in [5.41, 5.74) is 3.64. The number of aromatic amines is 1. The van der Waals surface area contributed by atoms with Crippen LogP contribution in [0.1, 0.15) is 21.5 Å². The number of H-pyrrole nitrogens is 1. The van der Waals surface area contributed by atoms with Gasteiger partial charge in [-0.05, 0) is 35.7 Å². The van der Waals surface area contributed by atoms with Crippen LogP contribution in [0.25, 0.3) is 10.9 Å². The fraction of sp³-hybridized carbons (Fsp3) is 0.250. The molecule has 2 amide bonds.